The van der Waals surface area contributed by atoms with E-state index in [1.807, 2.05) is 0 Å². The Morgan fingerprint density at radius 3 is 2.35 bits per heavy atom. The average Bonchev–Trinajstić information content (AvgIpc) is 3.00. The normalized spacial score (nSPS) is 25.6. The SMILES string of the molecule is CC(C)OCC1(CN2CCCOCCC2)CC1. The van der Waals surface area contributed by atoms with E-state index in [-0.39, 0.29) is 0 Å². The monoisotopic (exact) mass is 241 g/mol. The second-order valence-corrected chi connectivity index (χ2v) is 5.96. The van der Waals surface area contributed by atoms with Crippen molar-refractivity contribution in [3.05, 3.63) is 0 Å². The van der Waals surface area contributed by atoms with Gasteiger partial charge < -0.3 is 14.4 Å². The van der Waals surface area contributed by atoms with Crippen molar-refractivity contribution in [1.29, 1.82) is 0 Å². The van der Waals surface area contributed by atoms with E-state index in [4.69, 9.17) is 9.47 Å². The molecule has 0 atom stereocenters. The summed E-state index contributed by atoms with van der Waals surface area (Å²) in [4.78, 5) is 2.62. The molecule has 1 aliphatic carbocycles. The van der Waals surface area contributed by atoms with Crippen LogP contribution < -0.4 is 0 Å². The molecule has 2 aliphatic rings. The molecule has 2 fully saturated rings. The van der Waals surface area contributed by atoms with Crippen LogP contribution in [-0.2, 0) is 9.47 Å². The molecule has 1 saturated carbocycles. The summed E-state index contributed by atoms with van der Waals surface area (Å²) in [6.07, 6.45) is 5.44. The van der Waals surface area contributed by atoms with Gasteiger partial charge in [-0.3, -0.25) is 0 Å². The van der Waals surface area contributed by atoms with Gasteiger partial charge in [0.05, 0.1) is 12.7 Å². The smallest absolute Gasteiger partial charge is 0.0538 e. The van der Waals surface area contributed by atoms with Crippen LogP contribution >= 0.6 is 0 Å². The number of ether oxygens (including phenoxy) is 2. The lowest BCUT2D eigenvalue weighted by molar-refractivity contribution is 0.0240. The van der Waals surface area contributed by atoms with E-state index < -0.39 is 0 Å². The molecule has 1 aliphatic heterocycles. The van der Waals surface area contributed by atoms with Gasteiger partial charge in [-0.1, -0.05) is 0 Å². The number of hydrogen-bond donors (Lipinski definition) is 0. The molecule has 0 aromatic carbocycles. The Labute approximate surface area is 105 Å². The van der Waals surface area contributed by atoms with Crippen LogP contribution in [0.4, 0.5) is 0 Å². The molecular weight excluding hydrogens is 214 g/mol. The lowest BCUT2D eigenvalue weighted by Crippen LogP contribution is -2.36. The van der Waals surface area contributed by atoms with Crippen molar-refractivity contribution >= 4 is 0 Å². The first-order valence-corrected chi connectivity index (χ1v) is 7.12. The summed E-state index contributed by atoms with van der Waals surface area (Å²) in [6.45, 7) is 10.7. The molecule has 0 aromatic rings. The standard InChI is InChI=1S/C14H27NO2/c1-13(2)17-12-14(5-6-14)11-15-7-3-9-16-10-4-8-15/h13H,3-12H2,1-2H3. The predicted molar refractivity (Wildman–Crippen MR) is 69.2 cm³/mol. The molecule has 0 spiro atoms. The molecule has 3 nitrogen and oxygen atoms in total. The summed E-state index contributed by atoms with van der Waals surface area (Å²) in [7, 11) is 0. The highest BCUT2D eigenvalue weighted by atomic mass is 16.5. The van der Waals surface area contributed by atoms with E-state index in [1.54, 1.807) is 0 Å². The van der Waals surface area contributed by atoms with Crippen LogP contribution in [0.1, 0.15) is 39.5 Å². The van der Waals surface area contributed by atoms with Crippen LogP contribution in [0, 0.1) is 5.41 Å². The number of rotatable bonds is 5. The molecule has 100 valence electrons. The third kappa shape index (κ3) is 4.57. The molecule has 0 N–H and O–H groups in total. The fraction of sp³-hybridized carbons (Fsp3) is 1.00. The average molecular weight is 241 g/mol. The van der Waals surface area contributed by atoms with Crippen molar-refractivity contribution in [1.82, 2.24) is 4.90 Å². The Bertz CT molecular complexity index is 218. The highest BCUT2D eigenvalue weighted by Gasteiger charge is 2.44. The maximum Gasteiger partial charge on any atom is 0.0538 e. The van der Waals surface area contributed by atoms with E-state index >= 15 is 0 Å². The van der Waals surface area contributed by atoms with E-state index in [2.05, 4.69) is 18.7 Å². The molecule has 1 saturated heterocycles. The van der Waals surface area contributed by atoms with Crippen LogP contribution in [0.2, 0.25) is 0 Å². The molecule has 0 aromatic heterocycles. The van der Waals surface area contributed by atoms with E-state index in [1.165, 1.54) is 45.3 Å². The Hall–Kier alpha value is -0.120. The summed E-state index contributed by atoms with van der Waals surface area (Å²) in [5, 5.41) is 0. The molecular formula is C14H27NO2. The van der Waals surface area contributed by atoms with Crippen LogP contribution in [0.3, 0.4) is 0 Å². The van der Waals surface area contributed by atoms with Gasteiger partial charge in [0.15, 0.2) is 0 Å². The first kappa shape index (κ1) is 13.3. The fourth-order valence-corrected chi connectivity index (χ4v) is 2.50. The summed E-state index contributed by atoms with van der Waals surface area (Å²) in [6, 6.07) is 0. The Kier molecular flexibility index (Phi) is 4.83. The Morgan fingerprint density at radius 2 is 1.82 bits per heavy atom. The zero-order valence-corrected chi connectivity index (χ0v) is 11.4. The van der Waals surface area contributed by atoms with Crippen molar-refractivity contribution < 1.29 is 9.47 Å². The molecule has 0 radical (unpaired) electrons. The lowest BCUT2D eigenvalue weighted by Gasteiger charge is -2.29. The van der Waals surface area contributed by atoms with Gasteiger partial charge in [-0.2, -0.15) is 0 Å². The first-order chi connectivity index (χ1) is 8.20. The maximum absolute atomic E-state index is 5.82. The van der Waals surface area contributed by atoms with Crippen LogP contribution in [0.15, 0.2) is 0 Å². The summed E-state index contributed by atoms with van der Waals surface area (Å²) < 4.78 is 11.3. The molecule has 0 amide bonds. The molecule has 2 rings (SSSR count). The van der Waals surface area contributed by atoms with Gasteiger partial charge in [-0.05, 0) is 39.5 Å². The van der Waals surface area contributed by atoms with Crippen molar-refractivity contribution in [2.24, 2.45) is 5.41 Å². The van der Waals surface area contributed by atoms with Gasteiger partial charge in [-0.15, -0.1) is 0 Å². The number of hydrogen-bond acceptors (Lipinski definition) is 3. The highest BCUT2D eigenvalue weighted by Crippen LogP contribution is 2.46. The van der Waals surface area contributed by atoms with Gasteiger partial charge in [0.25, 0.3) is 0 Å². The topological polar surface area (TPSA) is 21.7 Å². The predicted octanol–water partition coefficient (Wildman–Crippen LogP) is 2.30. The molecule has 1 heterocycles. The molecule has 3 heteroatoms. The van der Waals surface area contributed by atoms with Gasteiger partial charge in [0.1, 0.15) is 0 Å². The van der Waals surface area contributed by atoms with Gasteiger partial charge in [0, 0.05) is 38.3 Å². The number of nitrogens with zero attached hydrogens (tertiary/aromatic N) is 1. The van der Waals surface area contributed by atoms with E-state index in [0.717, 1.165) is 19.8 Å². The Balaban J connectivity index is 1.74. The van der Waals surface area contributed by atoms with Crippen molar-refractivity contribution in [2.75, 3.05) is 39.5 Å². The maximum atomic E-state index is 5.82. The van der Waals surface area contributed by atoms with Crippen LogP contribution in [0.5, 0.6) is 0 Å². The third-order valence-electron chi connectivity index (χ3n) is 3.77. The minimum absolute atomic E-state index is 0.369. The van der Waals surface area contributed by atoms with Crippen molar-refractivity contribution in [2.45, 2.75) is 45.6 Å². The minimum Gasteiger partial charge on any atom is -0.381 e. The molecule has 17 heavy (non-hydrogen) atoms. The molecule has 0 unspecified atom stereocenters. The zero-order chi connectivity index (χ0) is 12.1. The third-order valence-corrected chi connectivity index (χ3v) is 3.77. The van der Waals surface area contributed by atoms with Gasteiger partial charge in [-0.25, -0.2) is 0 Å². The van der Waals surface area contributed by atoms with Crippen LogP contribution in [0.25, 0.3) is 0 Å². The highest BCUT2D eigenvalue weighted by molar-refractivity contribution is 4.95. The quantitative estimate of drug-likeness (QED) is 0.737. The summed E-state index contributed by atoms with van der Waals surface area (Å²) in [5.74, 6) is 0. The second-order valence-electron chi connectivity index (χ2n) is 5.96. The van der Waals surface area contributed by atoms with E-state index in [0.29, 0.717) is 11.5 Å². The summed E-state index contributed by atoms with van der Waals surface area (Å²) in [5.41, 5.74) is 0.490. The van der Waals surface area contributed by atoms with E-state index in [9.17, 15) is 0 Å². The lowest BCUT2D eigenvalue weighted by atomic mass is 10.1. The fourth-order valence-electron chi connectivity index (χ4n) is 2.50. The van der Waals surface area contributed by atoms with Gasteiger partial charge in [0.2, 0.25) is 0 Å². The first-order valence-electron chi connectivity index (χ1n) is 7.12. The van der Waals surface area contributed by atoms with Crippen molar-refractivity contribution in [3.63, 3.8) is 0 Å². The zero-order valence-electron chi connectivity index (χ0n) is 11.4. The second kappa shape index (κ2) is 6.17. The Morgan fingerprint density at radius 1 is 1.18 bits per heavy atom. The van der Waals surface area contributed by atoms with Crippen molar-refractivity contribution in [3.8, 4) is 0 Å². The molecule has 0 bridgehead atoms. The minimum atomic E-state index is 0.369. The summed E-state index contributed by atoms with van der Waals surface area (Å²) >= 11 is 0. The largest absolute Gasteiger partial charge is 0.381 e. The van der Waals surface area contributed by atoms with Crippen LogP contribution in [-0.4, -0.2) is 50.5 Å². The van der Waals surface area contributed by atoms with Gasteiger partial charge >= 0.3 is 0 Å².